The maximum atomic E-state index is 5.48. The summed E-state index contributed by atoms with van der Waals surface area (Å²) < 4.78 is 0. The largest absolute Gasteiger partial charge is 0.301 e. The van der Waals surface area contributed by atoms with Crippen molar-refractivity contribution < 1.29 is 0 Å². The minimum Gasteiger partial charge on any atom is -0.301 e. The van der Waals surface area contributed by atoms with E-state index in [-0.39, 0.29) is 6.04 Å². The van der Waals surface area contributed by atoms with E-state index in [4.69, 9.17) is 6.42 Å². The number of hydrogen-bond donors (Lipinski definition) is 1. The summed E-state index contributed by atoms with van der Waals surface area (Å²) in [4.78, 5) is 0. The van der Waals surface area contributed by atoms with Crippen molar-refractivity contribution in [3.63, 3.8) is 0 Å². The van der Waals surface area contributed by atoms with Crippen LogP contribution in [0, 0.1) is 24.2 Å². The van der Waals surface area contributed by atoms with Gasteiger partial charge in [-0.2, -0.15) is 0 Å². The van der Waals surface area contributed by atoms with Crippen LogP contribution >= 0.6 is 0 Å². The van der Waals surface area contributed by atoms with Gasteiger partial charge in [-0.05, 0) is 31.1 Å². The van der Waals surface area contributed by atoms with Crippen LogP contribution in [0.5, 0.6) is 0 Å². The van der Waals surface area contributed by atoms with Crippen molar-refractivity contribution in [2.75, 3.05) is 0 Å². The predicted molar refractivity (Wildman–Crippen MR) is 66.6 cm³/mol. The van der Waals surface area contributed by atoms with E-state index < -0.39 is 0 Å². The topological polar surface area (TPSA) is 12.0 Å². The smallest absolute Gasteiger partial charge is 0.0686 e. The molecule has 1 aliphatic carbocycles. The molecule has 1 aliphatic rings. The molecule has 1 N–H and O–H groups in total. The van der Waals surface area contributed by atoms with Crippen LogP contribution in [0.1, 0.15) is 52.9 Å². The Kier molecular flexibility index (Phi) is 5.19. The fourth-order valence-electron chi connectivity index (χ4n) is 2.55. The Morgan fingerprint density at radius 3 is 2.67 bits per heavy atom. The molecular weight excluding hydrogens is 182 g/mol. The molecule has 0 aromatic carbocycles. The van der Waals surface area contributed by atoms with Crippen molar-refractivity contribution in [3.8, 4) is 12.3 Å². The minimum absolute atomic E-state index is 0.279. The van der Waals surface area contributed by atoms with Crippen LogP contribution in [0.3, 0.4) is 0 Å². The van der Waals surface area contributed by atoms with E-state index in [2.05, 4.69) is 32.0 Å². The Bertz CT molecular complexity index is 214. The van der Waals surface area contributed by atoms with Gasteiger partial charge in [0.05, 0.1) is 6.04 Å². The minimum atomic E-state index is 0.279. The Morgan fingerprint density at radius 1 is 1.40 bits per heavy atom. The third kappa shape index (κ3) is 3.87. The van der Waals surface area contributed by atoms with Gasteiger partial charge in [0.25, 0.3) is 0 Å². The lowest BCUT2D eigenvalue weighted by Crippen LogP contribution is -2.41. The first-order valence-corrected chi connectivity index (χ1v) is 6.39. The molecule has 0 radical (unpaired) electrons. The highest BCUT2D eigenvalue weighted by Crippen LogP contribution is 2.30. The van der Waals surface area contributed by atoms with E-state index in [1.807, 2.05) is 0 Å². The van der Waals surface area contributed by atoms with Crippen molar-refractivity contribution >= 4 is 0 Å². The van der Waals surface area contributed by atoms with Gasteiger partial charge in [0.1, 0.15) is 0 Å². The van der Waals surface area contributed by atoms with Crippen LogP contribution in [0.15, 0.2) is 0 Å². The molecule has 0 aliphatic heterocycles. The zero-order chi connectivity index (χ0) is 11.3. The first kappa shape index (κ1) is 12.6. The molecule has 0 bridgehead atoms. The summed E-state index contributed by atoms with van der Waals surface area (Å²) in [5.74, 6) is 4.55. The first-order chi connectivity index (χ1) is 7.17. The van der Waals surface area contributed by atoms with E-state index in [1.165, 1.54) is 25.7 Å². The van der Waals surface area contributed by atoms with Gasteiger partial charge in [-0.1, -0.05) is 39.5 Å². The van der Waals surface area contributed by atoms with Crippen LogP contribution in [0.4, 0.5) is 0 Å². The van der Waals surface area contributed by atoms with E-state index >= 15 is 0 Å². The predicted octanol–water partition coefficient (Wildman–Crippen LogP) is 3.20. The summed E-state index contributed by atoms with van der Waals surface area (Å²) in [6, 6.07) is 0.938. The van der Waals surface area contributed by atoms with E-state index in [1.54, 1.807) is 0 Å². The third-order valence-corrected chi connectivity index (χ3v) is 3.70. The van der Waals surface area contributed by atoms with Crippen LogP contribution in [0.25, 0.3) is 0 Å². The monoisotopic (exact) mass is 207 g/mol. The second-order valence-electron chi connectivity index (χ2n) is 5.16. The van der Waals surface area contributed by atoms with Gasteiger partial charge < -0.3 is 5.32 Å². The van der Waals surface area contributed by atoms with Gasteiger partial charge in [-0.25, -0.2) is 0 Å². The molecule has 0 saturated heterocycles. The average Bonchev–Trinajstić information content (AvgIpc) is 2.26. The molecule has 0 spiro atoms. The Labute approximate surface area is 95.0 Å². The zero-order valence-corrected chi connectivity index (χ0v) is 10.4. The number of hydrogen-bond acceptors (Lipinski definition) is 1. The molecule has 1 saturated carbocycles. The molecule has 1 nitrogen and oxygen atoms in total. The Balaban J connectivity index is 2.39. The molecule has 86 valence electrons. The molecule has 3 unspecified atom stereocenters. The fraction of sp³-hybridized carbons (Fsp3) is 0.857. The van der Waals surface area contributed by atoms with Gasteiger partial charge >= 0.3 is 0 Å². The molecule has 15 heavy (non-hydrogen) atoms. The Hall–Kier alpha value is -0.480. The molecule has 0 aromatic heterocycles. The average molecular weight is 207 g/mol. The highest BCUT2D eigenvalue weighted by Gasteiger charge is 2.24. The van der Waals surface area contributed by atoms with Gasteiger partial charge in [0.2, 0.25) is 0 Å². The molecular formula is C14H25N. The maximum Gasteiger partial charge on any atom is 0.0686 e. The van der Waals surface area contributed by atoms with Crippen LogP contribution in [0.2, 0.25) is 0 Å². The van der Waals surface area contributed by atoms with Crippen molar-refractivity contribution in [3.05, 3.63) is 0 Å². The summed E-state index contributed by atoms with van der Waals surface area (Å²) >= 11 is 0. The Morgan fingerprint density at radius 2 is 2.13 bits per heavy atom. The number of nitrogens with one attached hydrogen (secondary N) is 1. The summed E-state index contributed by atoms with van der Waals surface area (Å²) in [6.07, 6.45) is 11.9. The third-order valence-electron chi connectivity index (χ3n) is 3.70. The molecule has 0 aromatic rings. The molecule has 1 heteroatoms. The van der Waals surface area contributed by atoms with E-state index in [0.29, 0.717) is 6.04 Å². The van der Waals surface area contributed by atoms with Gasteiger partial charge in [0, 0.05) is 6.04 Å². The first-order valence-electron chi connectivity index (χ1n) is 6.39. The van der Waals surface area contributed by atoms with Crippen LogP contribution in [-0.2, 0) is 0 Å². The molecule has 0 heterocycles. The van der Waals surface area contributed by atoms with E-state index in [9.17, 15) is 0 Å². The fourth-order valence-corrected chi connectivity index (χ4v) is 2.55. The van der Waals surface area contributed by atoms with Gasteiger partial charge in [-0.15, -0.1) is 6.42 Å². The molecule has 0 amide bonds. The standard InChI is InChI=1S/C14H25N/c1-5-13(6-2)15-14-9-7-8-12(10-14)11(3)4/h1,11-15H,6-10H2,2-4H3. The van der Waals surface area contributed by atoms with Crippen molar-refractivity contribution in [1.82, 2.24) is 5.32 Å². The normalized spacial score (nSPS) is 28.7. The quantitative estimate of drug-likeness (QED) is 0.698. The van der Waals surface area contributed by atoms with Crippen LogP contribution in [-0.4, -0.2) is 12.1 Å². The van der Waals surface area contributed by atoms with E-state index in [0.717, 1.165) is 18.3 Å². The second kappa shape index (κ2) is 6.18. The van der Waals surface area contributed by atoms with Crippen LogP contribution < -0.4 is 5.32 Å². The molecule has 1 rings (SSSR count). The lowest BCUT2D eigenvalue weighted by Gasteiger charge is -2.33. The summed E-state index contributed by atoms with van der Waals surface area (Å²) in [6.45, 7) is 6.83. The highest BCUT2D eigenvalue weighted by atomic mass is 14.9. The lowest BCUT2D eigenvalue weighted by molar-refractivity contribution is 0.226. The highest BCUT2D eigenvalue weighted by molar-refractivity contribution is 4.99. The molecule has 1 fully saturated rings. The number of rotatable bonds is 4. The van der Waals surface area contributed by atoms with Crippen molar-refractivity contribution in [1.29, 1.82) is 0 Å². The summed E-state index contributed by atoms with van der Waals surface area (Å²) in [5, 5.41) is 3.60. The van der Waals surface area contributed by atoms with Gasteiger partial charge in [0.15, 0.2) is 0 Å². The number of terminal acetylenes is 1. The molecule has 3 atom stereocenters. The lowest BCUT2D eigenvalue weighted by atomic mass is 9.79. The SMILES string of the molecule is C#CC(CC)NC1CCCC(C(C)C)C1. The maximum absolute atomic E-state index is 5.48. The summed E-state index contributed by atoms with van der Waals surface area (Å²) in [7, 11) is 0. The van der Waals surface area contributed by atoms with Crippen molar-refractivity contribution in [2.45, 2.75) is 65.0 Å². The van der Waals surface area contributed by atoms with Gasteiger partial charge in [-0.3, -0.25) is 0 Å². The summed E-state index contributed by atoms with van der Waals surface area (Å²) in [5.41, 5.74) is 0. The van der Waals surface area contributed by atoms with Crippen molar-refractivity contribution in [2.24, 2.45) is 11.8 Å². The second-order valence-corrected chi connectivity index (χ2v) is 5.16. The zero-order valence-electron chi connectivity index (χ0n) is 10.4.